The number of amides is 4. The summed E-state index contributed by atoms with van der Waals surface area (Å²) in [5.74, 6) is -1.37. The SMILES string of the molecule is O=C1CCC(N2Cc3cc(C(=O)Nc4cncc5ccccc45)ccc3C2=O)C(=O)N1. The minimum atomic E-state index is -0.684. The Morgan fingerprint density at radius 1 is 1.10 bits per heavy atom. The van der Waals surface area contributed by atoms with Gasteiger partial charge >= 0.3 is 0 Å². The normalized spacial score (nSPS) is 18.1. The van der Waals surface area contributed by atoms with Crippen LogP contribution in [0.25, 0.3) is 10.8 Å². The summed E-state index contributed by atoms with van der Waals surface area (Å²) in [5, 5.41) is 6.97. The first-order valence-corrected chi connectivity index (χ1v) is 9.93. The van der Waals surface area contributed by atoms with Crippen LogP contribution in [0.3, 0.4) is 0 Å². The van der Waals surface area contributed by atoms with Gasteiger partial charge in [0.2, 0.25) is 11.8 Å². The summed E-state index contributed by atoms with van der Waals surface area (Å²) in [6.07, 6.45) is 3.83. The van der Waals surface area contributed by atoms with Crippen molar-refractivity contribution in [3.05, 3.63) is 71.5 Å². The zero-order valence-electron chi connectivity index (χ0n) is 16.4. The first-order valence-electron chi connectivity index (χ1n) is 9.93. The Balaban J connectivity index is 1.38. The predicted molar refractivity (Wildman–Crippen MR) is 112 cm³/mol. The minimum Gasteiger partial charge on any atom is -0.322 e. The largest absolute Gasteiger partial charge is 0.322 e. The van der Waals surface area contributed by atoms with Gasteiger partial charge in [-0.15, -0.1) is 0 Å². The minimum absolute atomic E-state index is 0.198. The topological polar surface area (TPSA) is 108 Å². The molecule has 2 N–H and O–H groups in total. The number of anilines is 1. The molecule has 2 aliphatic heterocycles. The molecule has 8 heteroatoms. The number of pyridine rings is 1. The Kier molecular flexibility index (Phi) is 4.47. The first kappa shape index (κ1) is 18.9. The molecule has 154 valence electrons. The van der Waals surface area contributed by atoms with Crippen molar-refractivity contribution in [2.75, 3.05) is 5.32 Å². The van der Waals surface area contributed by atoms with Crippen LogP contribution in [0.4, 0.5) is 5.69 Å². The molecule has 1 aromatic heterocycles. The zero-order valence-corrected chi connectivity index (χ0v) is 16.4. The Hall–Kier alpha value is -4.07. The van der Waals surface area contributed by atoms with Gasteiger partial charge in [-0.2, -0.15) is 0 Å². The van der Waals surface area contributed by atoms with Crippen LogP contribution in [0.5, 0.6) is 0 Å². The number of benzene rings is 2. The van der Waals surface area contributed by atoms with E-state index in [0.717, 1.165) is 10.8 Å². The van der Waals surface area contributed by atoms with Crippen molar-refractivity contribution in [1.29, 1.82) is 0 Å². The van der Waals surface area contributed by atoms with E-state index in [1.165, 1.54) is 4.90 Å². The summed E-state index contributed by atoms with van der Waals surface area (Å²) < 4.78 is 0. The van der Waals surface area contributed by atoms with Crippen LogP contribution in [0, 0.1) is 0 Å². The second-order valence-corrected chi connectivity index (χ2v) is 7.63. The zero-order chi connectivity index (χ0) is 21.5. The van der Waals surface area contributed by atoms with Gasteiger partial charge in [0, 0.05) is 41.1 Å². The molecule has 1 saturated heterocycles. The van der Waals surface area contributed by atoms with Gasteiger partial charge in [0.1, 0.15) is 6.04 Å². The number of carbonyl (C=O) groups excluding carboxylic acids is 4. The quantitative estimate of drug-likeness (QED) is 0.639. The Morgan fingerprint density at radius 3 is 2.77 bits per heavy atom. The van der Waals surface area contributed by atoms with E-state index >= 15 is 0 Å². The van der Waals surface area contributed by atoms with E-state index in [-0.39, 0.29) is 30.7 Å². The summed E-state index contributed by atoms with van der Waals surface area (Å²) in [6.45, 7) is 0.220. The number of hydrogen-bond donors (Lipinski definition) is 2. The molecule has 0 aliphatic carbocycles. The van der Waals surface area contributed by atoms with Crippen molar-refractivity contribution in [2.24, 2.45) is 0 Å². The fourth-order valence-corrected chi connectivity index (χ4v) is 4.13. The summed E-state index contributed by atoms with van der Waals surface area (Å²) >= 11 is 0. The molecule has 3 aromatic rings. The third-order valence-electron chi connectivity index (χ3n) is 5.70. The highest BCUT2D eigenvalue weighted by atomic mass is 16.2. The maximum atomic E-state index is 12.9. The van der Waals surface area contributed by atoms with Crippen LogP contribution in [-0.4, -0.2) is 39.6 Å². The van der Waals surface area contributed by atoms with E-state index in [1.807, 2.05) is 24.3 Å². The van der Waals surface area contributed by atoms with Gasteiger partial charge in [0.05, 0.1) is 11.9 Å². The number of fused-ring (bicyclic) bond motifs is 2. The third-order valence-corrected chi connectivity index (χ3v) is 5.70. The smallest absolute Gasteiger partial charge is 0.255 e. The number of carbonyl (C=O) groups is 4. The average Bonchev–Trinajstić information content (AvgIpc) is 3.09. The molecule has 1 fully saturated rings. The Bertz CT molecular complexity index is 1260. The molecule has 0 saturated carbocycles. The number of piperidine rings is 1. The molecule has 2 aromatic carbocycles. The van der Waals surface area contributed by atoms with Crippen LogP contribution in [-0.2, 0) is 16.1 Å². The fourth-order valence-electron chi connectivity index (χ4n) is 4.13. The monoisotopic (exact) mass is 414 g/mol. The van der Waals surface area contributed by atoms with Crippen LogP contribution in [0.15, 0.2) is 54.9 Å². The molecule has 0 radical (unpaired) electrons. The molecule has 4 amide bonds. The van der Waals surface area contributed by atoms with Gasteiger partial charge in [-0.05, 0) is 30.2 Å². The van der Waals surface area contributed by atoms with E-state index in [2.05, 4.69) is 15.6 Å². The third kappa shape index (κ3) is 3.31. The summed E-state index contributed by atoms with van der Waals surface area (Å²) in [7, 11) is 0. The maximum absolute atomic E-state index is 12.9. The molecule has 1 atom stereocenters. The molecule has 31 heavy (non-hydrogen) atoms. The van der Waals surface area contributed by atoms with E-state index in [4.69, 9.17) is 0 Å². The molecule has 0 spiro atoms. The van der Waals surface area contributed by atoms with Crippen molar-refractivity contribution in [3.63, 3.8) is 0 Å². The number of rotatable bonds is 3. The number of aromatic nitrogens is 1. The molecule has 2 aliphatic rings. The summed E-state index contributed by atoms with van der Waals surface area (Å²) in [4.78, 5) is 54.9. The van der Waals surface area contributed by atoms with E-state index < -0.39 is 11.9 Å². The average molecular weight is 414 g/mol. The highest BCUT2D eigenvalue weighted by molar-refractivity contribution is 6.10. The molecule has 0 bridgehead atoms. The van der Waals surface area contributed by atoms with Crippen molar-refractivity contribution in [2.45, 2.75) is 25.4 Å². The van der Waals surface area contributed by atoms with Crippen molar-refractivity contribution >= 4 is 40.1 Å². The highest BCUT2D eigenvalue weighted by Gasteiger charge is 2.39. The second kappa shape index (κ2) is 7.32. The number of nitrogens with one attached hydrogen (secondary N) is 2. The second-order valence-electron chi connectivity index (χ2n) is 7.63. The van der Waals surface area contributed by atoms with Gasteiger partial charge in [-0.1, -0.05) is 24.3 Å². The summed E-state index contributed by atoms with van der Waals surface area (Å²) in [6, 6.07) is 11.8. The lowest BCUT2D eigenvalue weighted by Crippen LogP contribution is -2.52. The van der Waals surface area contributed by atoms with E-state index in [9.17, 15) is 19.2 Å². The van der Waals surface area contributed by atoms with Gasteiger partial charge in [-0.3, -0.25) is 29.5 Å². The van der Waals surface area contributed by atoms with Gasteiger partial charge < -0.3 is 10.2 Å². The Labute approximate surface area is 177 Å². The highest BCUT2D eigenvalue weighted by Crippen LogP contribution is 2.29. The van der Waals surface area contributed by atoms with Crippen LogP contribution >= 0.6 is 0 Å². The van der Waals surface area contributed by atoms with E-state index in [0.29, 0.717) is 28.8 Å². The van der Waals surface area contributed by atoms with Gasteiger partial charge in [0.25, 0.3) is 11.8 Å². The fraction of sp³-hybridized carbons (Fsp3) is 0.174. The Morgan fingerprint density at radius 2 is 1.94 bits per heavy atom. The predicted octanol–water partition coefficient (Wildman–Crippen LogP) is 2.25. The van der Waals surface area contributed by atoms with Crippen molar-refractivity contribution in [3.8, 4) is 0 Å². The van der Waals surface area contributed by atoms with Crippen LogP contribution in [0.2, 0.25) is 0 Å². The molecule has 5 rings (SSSR count). The lowest BCUT2D eigenvalue weighted by Gasteiger charge is -2.29. The number of hydrogen-bond acceptors (Lipinski definition) is 5. The van der Waals surface area contributed by atoms with Crippen molar-refractivity contribution < 1.29 is 19.2 Å². The molecular formula is C23H18N4O4. The maximum Gasteiger partial charge on any atom is 0.255 e. The standard InChI is InChI=1S/C23H18N4O4/c28-20-8-7-19(22(30)26-20)27-12-15-9-13(5-6-17(15)23(27)31)21(29)25-18-11-24-10-14-3-1-2-4-16(14)18/h1-6,9-11,19H,7-8,12H2,(H,25,29)(H,26,28,30). The van der Waals surface area contributed by atoms with E-state index in [1.54, 1.807) is 30.6 Å². The van der Waals surface area contributed by atoms with Gasteiger partial charge in [-0.25, -0.2) is 0 Å². The molecule has 8 nitrogen and oxygen atoms in total. The summed E-state index contributed by atoms with van der Waals surface area (Å²) in [5.41, 5.74) is 2.15. The molecule has 1 unspecified atom stereocenters. The lowest BCUT2D eigenvalue weighted by molar-refractivity contribution is -0.136. The van der Waals surface area contributed by atoms with Gasteiger partial charge in [0.15, 0.2) is 0 Å². The number of imide groups is 1. The molecule has 3 heterocycles. The van der Waals surface area contributed by atoms with Crippen LogP contribution < -0.4 is 10.6 Å². The number of nitrogens with zero attached hydrogens (tertiary/aromatic N) is 2. The van der Waals surface area contributed by atoms with Crippen molar-refractivity contribution in [1.82, 2.24) is 15.2 Å². The van der Waals surface area contributed by atoms with Crippen LogP contribution in [0.1, 0.15) is 39.1 Å². The lowest BCUT2D eigenvalue weighted by atomic mass is 10.0. The first-order chi connectivity index (χ1) is 15.0. The molecular weight excluding hydrogens is 396 g/mol.